The minimum Gasteiger partial charge on any atom is -0.394 e. The minimum absolute atomic E-state index is 0.0660. The molecule has 0 spiro atoms. The number of aliphatic hydroxyl groups excluding tert-OH is 4. The van der Waals surface area contributed by atoms with Gasteiger partial charge in [0.1, 0.15) is 24.4 Å². The monoisotopic (exact) mass is 574 g/mol. The summed E-state index contributed by atoms with van der Waals surface area (Å²) in [4.78, 5) is 0. The summed E-state index contributed by atoms with van der Waals surface area (Å²) in [7, 11) is 0. The van der Waals surface area contributed by atoms with E-state index in [1.165, 1.54) is 38.5 Å². The van der Waals surface area contributed by atoms with Crippen LogP contribution in [0.25, 0.3) is 0 Å². The number of rotatable bonds is 8. The van der Waals surface area contributed by atoms with Gasteiger partial charge in [0.25, 0.3) is 0 Å². The summed E-state index contributed by atoms with van der Waals surface area (Å²) >= 11 is 0. The van der Waals surface area contributed by atoms with Crippen LogP contribution in [-0.4, -0.2) is 63.8 Å². The molecule has 0 aromatic heterocycles. The fourth-order valence-electron chi connectivity index (χ4n) is 10.4. The maximum Gasteiger partial charge on any atom is 0.186 e. The molecule has 0 radical (unpaired) electrons. The lowest BCUT2D eigenvalue weighted by atomic mass is 9.47. The second-order valence-corrected chi connectivity index (χ2v) is 15.2. The van der Waals surface area contributed by atoms with Crippen molar-refractivity contribution in [2.24, 2.45) is 52.3 Å². The summed E-state index contributed by atoms with van der Waals surface area (Å²) in [5.41, 5.74) is 2.05. The van der Waals surface area contributed by atoms with Gasteiger partial charge >= 0.3 is 0 Å². The molecule has 4 fully saturated rings. The van der Waals surface area contributed by atoms with Gasteiger partial charge in [0.05, 0.1) is 12.7 Å². The molecule has 0 aromatic rings. The Labute approximate surface area is 248 Å². The molecule has 0 unspecified atom stereocenters. The van der Waals surface area contributed by atoms with Crippen molar-refractivity contribution >= 4 is 0 Å². The number of fused-ring (bicyclic) bond motifs is 5. The van der Waals surface area contributed by atoms with E-state index in [0.29, 0.717) is 35.0 Å². The van der Waals surface area contributed by atoms with Crippen molar-refractivity contribution in [1.82, 2.24) is 0 Å². The molecule has 1 aliphatic heterocycles. The van der Waals surface area contributed by atoms with E-state index < -0.39 is 37.3 Å². The molecule has 6 nitrogen and oxygen atoms in total. The molecule has 234 valence electrons. The van der Waals surface area contributed by atoms with Gasteiger partial charge in [0.2, 0.25) is 0 Å². The first-order valence-electron chi connectivity index (χ1n) is 16.8. The summed E-state index contributed by atoms with van der Waals surface area (Å²) in [5.74, 6) is 4.83. The van der Waals surface area contributed by atoms with Crippen LogP contribution in [0, 0.1) is 52.3 Å². The van der Waals surface area contributed by atoms with E-state index >= 15 is 0 Å². The third-order valence-electron chi connectivity index (χ3n) is 12.9. The number of hydrogen-bond donors (Lipinski definition) is 4. The number of aliphatic hydroxyl groups is 4. The van der Waals surface area contributed by atoms with Crippen molar-refractivity contribution < 1.29 is 29.9 Å². The molecular weight excluding hydrogens is 516 g/mol. The largest absolute Gasteiger partial charge is 0.394 e. The Morgan fingerprint density at radius 3 is 2.44 bits per heavy atom. The van der Waals surface area contributed by atoms with Gasteiger partial charge in [-0.25, -0.2) is 0 Å². The Morgan fingerprint density at radius 2 is 1.76 bits per heavy atom. The molecule has 0 aromatic carbocycles. The highest BCUT2D eigenvalue weighted by molar-refractivity contribution is 5.25. The summed E-state index contributed by atoms with van der Waals surface area (Å²) in [6.07, 6.45) is 11.8. The van der Waals surface area contributed by atoms with Crippen LogP contribution in [0.5, 0.6) is 0 Å². The first kappa shape index (κ1) is 31.7. The summed E-state index contributed by atoms with van der Waals surface area (Å²) in [5, 5.41) is 40.6. The van der Waals surface area contributed by atoms with Gasteiger partial charge in [0.15, 0.2) is 6.29 Å². The van der Waals surface area contributed by atoms with Crippen LogP contribution in [0.15, 0.2) is 23.8 Å². The third-order valence-corrected chi connectivity index (χ3v) is 12.9. The highest BCUT2D eigenvalue weighted by atomic mass is 16.7. The predicted molar refractivity (Wildman–Crippen MR) is 161 cm³/mol. The zero-order valence-electron chi connectivity index (χ0n) is 26.4. The predicted octanol–water partition coefficient (Wildman–Crippen LogP) is 5.63. The van der Waals surface area contributed by atoms with Crippen molar-refractivity contribution in [3.05, 3.63) is 23.8 Å². The molecule has 0 amide bonds. The van der Waals surface area contributed by atoms with Gasteiger partial charge in [-0.3, -0.25) is 0 Å². The number of allylic oxidation sites excluding steroid dienone is 4. The molecule has 3 saturated carbocycles. The number of ether oxygens (including phenoxy) is 2. The standard InChI is InChI=1S/C35H58O6/c1-7-22(20(2)3)9-8-21(4)26-14-15-27-25-13-11-23-10-12-24(18-35(23,6)28(25)16-17-34(26,27)5)40-33-32(39)31(38)30(37)29(19-36)41-33/h8-9,11,20-22,24-33,36-39H,7,10,12-19H2,1-6H3/b9-8+/t21-,22-,24-,25+,26-,27+,28+,29-,30-,31+,32-,33-,34-,35+/m1/s1. The summed E-state index contributed by atoms with van der Waals surface area (Å²) in [6.45, 7) is 14.1. The average molecular weight is 575 g/mol. The SMILES string of the molecule is CC[C@H](/C=C/[C@@H](C)[C@H]1CC[C@H]2[C@@H]3CC=C4CC[C@@H](O[C@@H]5O[C@H](CO)[C@@H](O)[C@H](O)[C@H]5O)C[C@]4(C)[C@H]3CC[C@]12C)C(C)C. The molecule has 1 heterocycles. The van der Waals surface area contributed by atoms with Gasteiger partial charge in [0, 0.05) is 0 Å². The Hall–Kier alpha value is -0.760. The molecule has 0 bridgehead atoms. The van der Waals surface area contributed by atoms with E-state index in [-0.39, 0.29) is 11.5 Å². The first-order valence-corrected chi connectivity index (χ1v) is 16.8. The van der Waals surface area contributed by atoms with Crippen molar-refractivity contribution in [3.63, 3.8) is 0 Å². The van der Waals surface area contributed by atoms with Crippen molar-refractivity contribution in [2.75, 3.05) is 6.61 Å². The van der Waals surface area contributed by atoms with E-state index in [1.54, 1.807) is 5.57 Å². The smallest absolute Gasteiger partial charge is 0.186 e. The van der Waals surface area contributed by atoms with E-state index in [0.717, 1.165) is 31.1 Å². The maximum absolute atomic E-state index is 10.6. The highest BCUT2D eigenvalue weighted by Crippen LogP contribution is 2.67. The molecule has 4 aliphatic carbocycles. The first-order chi connectivity index (χ1) is 19.4. The Bertz CT molecular complexity index is 960. The van der Waals surface area contributed by atoms with E-state index in [4.69, 9.17) is 9.47 Å². The van der Waals surface area contributed by atoms with Gasteiger partial charge in [-0.05, 0) is 110 Å². The van der Waals surface area contributed by atoms with E-state index in [2.05, 4.69) is 59.8 Å². The van der Waals surface area contributed by atoms with Gasteiger partial charge in [-0.2, -0.15) is 0 Å². The summed E-state index contributed by atoms with van der Waals surface area (Å²) in [6, 6.07) is 0. The lowest BCUT2D eigenvalue weighted by Crippen LogP contribution is -2.60. The lowest BCUT2D eigenvalue weighted by molar-refractivity contribution is -0.314. The lowest BCUT2D eigenvalue weighted by Gasteiger charge is -2.59. The topological polar surface area (TPSA) is 99.4 Å². The normalized spacial score (nSPS) is 47.9. The van der Waals surface area contributed by atoms with Crippen LogP contribution in [0.1, 0.15) is 99.3 Å². The Kier molecular flexibility index (Phi) is 9.51. The van der Waals surface area contributed by atoms with Gasteiger partial charge in [-0.15, -0.1) is 0 Å². The van der Waals surface area contributed by atoms with Crippen molar-refractivity contribution in [2.45, 2.75) is 136 Å². The van der Waals surface area contributed by atoms with Crippen LogP contribution in [0.2, 0.25) is 0 Å². The molecule has 1 saturated heterocycles. The molecule has 14 atom stereocenters. The molecule has 4 N–H and O–H groups in total. The fourth-order valence-corrected chi connectivity index (χ4v) is 10.4. The second kappa shape index (κ2) is 12.3. The zero-order valence-corrected chi connectivity index (χ0v) is 26.4. The quantitative estimate of drug-likeness (QED) is 0.281. The zero-order chi connectivity index (χ0) is 29.7. The summed E-state index contributed by atoms with van der Waals surface area (Å²) < 4.78 is 12.0. The fraction of sp³-hybridized carbons (Fsp3) is 0.886. The van der Waals surface area contributed by atoms with Gasteiger partial charge in [-0.1, -0.05) is 65.3 Å². The molecule has 5 rings (SSSR count). The maximum atomic E-state index is 10.6. The Balaban J connectivity index is 1.28. The number of hydrogen-bond acceptors (Lipinski definition) is 6. The Morgan fingerprint density at radius 1 is 1.00 bits per heavy atom. The average Bonchev–Trinajstić information content (AvgIpc) is 3.30. The van der Waals surface area contributed by atoms with Crippen LogP contribution >= 0.6 is 0 Å². The minimum atomic E-state index is -1.40. The van der Waals surface area contributed by atoms with Crippen molar-refractivity contribution in [3.8, 4) is 0 Å². The van der Waals surface area contributed by atoms with E-state index in [1.807, 2.05) is 0 Å². The van der Waals surface area contributed by atoms with Crippen LogP contribution in [-0.2, 0) is 9.47 Å². The van der Waals surface area contributed by atoms with E-state index in [9.17, 15) is 20.4 Å². The molecule has 41 heavy (non-hydrogen) atoms. The van der Waals surface area contributed by atoms with Crippen molar-refractivity contribution in [1.29, 1.82) is 0 Å². The molecular formula is C35H58O6. The molecule has 6 heteroatoms. The van der Waals surface area contributed by atoms with Gasteiger partial charge < -0.3 is 29.9 Å². The third kappa shape index (κ3) is 5.64. The van der Waals surface area contributed by atoms with Crippen LogP contribution in [0.3, 0.4) is 0 Å². The molecule has 5 aliphatic rings. The highest BCUT2D eigenvalue weighted by Gasteiger charge is 2.59. The van der Waals surface area contributed by atoms with Crippen LogP contribution < -0.4 is 0 Å². The van der Waals surface area contributed by atoms with Crippen LogP contribution in [0.4, 0.5) is 0 Å². The second-order valence-electron chi connectivity index (χ2n) is 15.2.